The van der Waals surface area contributed by atoms with E-state index < -0.39 is 0 Å². The van der Waals surface area contributed by atoms with Crippen molar-refractivity contribution in [3.63, 3.8) is 0 Å². The molecule has 2 aliphatic rings. The summed E-state index contributed by atoms with van der Waals surface area (Å²) in [7, 11) is 0. The zero-order chi connectivity index (χ0) is 13.5. The second-order valence-corrected chi connectivity index (χ2v) is 6.78. The Morgan fingerprint density at radius 1 is 1.40 bits per heavy atom. The summed E-state index contributed by atoms with van der Waals surface area (Å²) < 4.78 is 0.970. The van der Waals surface area contributed by atoms with Gasteiger partial charge in [-0.2, -0.15) is 0 Å². The van der Waals surface area contributed by atoms with Crippen LogP contribution in [0.1, 0.15) is 28.8 Å². The molecule has 1 aromatic carbocycles. The quantitative estimate of drug-likeness (QED) is 0.836. The van der Waals surface area contributed by atoms with Crippen LogP contribution in [0.3, 0.4) is 0 Å². The van der Waals surface area contributed by atoms with Crippen LogP contribution < -0.4 is 5.32 Å². The number of likely N-dealkylation sites (tertiary alicyclic amines) is 1. The Labute approximate surface area is 134 Å². The van der Waals surface area contributed by atoms with Gasteiger partial charge in [0.2, 0.25) is 0 Å². The van der Waals surface area contributed by atoms with Gasteiger partial charge in [-0.3, -0.25) is 4.79 Å². The third kappa shape index (κ3) is 2.87. The Bertz CT molecular complexity index is 515. The van der Waals surface area contributed by atoms with Crippen molar-refractivity contribution >= 4 is 34.2 Å². The molecule has 2 fully saturated rings. The van der Waals surface area contributed by atoms with Gasteiger partial charge >= 0.3 is 0 Å². The number of rotatable bonds is 1. The average molecular weight is 360 g/mol. The minimum absolute atomic E-state index is 0. The van der Waals surface area contributed by atoms with E-state index in [2.05, 4.69) is 21.2 Å². The van der Waals surface area contributed by atoms with E-state index in [1.807, 2.05) is 30.0 Å². The molecule has 0 saturated carbocycles. The number of carbonyl (C=O) groups excluding carboxylic acids is 1. The minimum Gasteiger partial charge on any atom is -0.338 e. The molecule has 3 nitrogen and oxygen atoms in total. The highest BCUT2D eigenvalue weighted by atomic mass is 79.9. The summed E-state index contributed by atoms with van der Waals surface area (Å²) >= 11 is 3.45. The molecular weight excluding hydrogens is 340 g/mol. The molecule has 20 heavy (non-hydrogen) atoms. The fourth-order valence-corrected chi connectivity index (χ4v) is 3.61. The van der Waals surface area contributed by atoms with Gasteiger partial charge in [0.05, 0.1) is 0 Å². The molecule has 0 radical (unpaired) electrons. The van der Waals surface area contributed by atoms with E-state index in [4.69, 9.17) is 0 Å². The summed E-state index contributed by atoms with van der Waals surface area (Å²) in [6, 6.07) is 5.92. The van der Waals surface area contributed by atoms with Crippen LogP contribution in [-0.4, -0.2) is 37.0 Å². The number of aryl methyl sites for hydroxylation is 1. The van der Waals surface area contributed by atoms with Crippen molar-refractivity contribution in [2.24, 2.45) is 5.41 Å². The summed E-state index contributed by atoms with van der Waals surface area (Å²) in [4.78, 5) is 14.7. The highest BCUT2D eigenvalue weighted by Gasteiger charge is 2.42. The van der Waals surface area contributed by atoms with Gasteiger partial charge in [-0.15, -0.1) is 12.4 Å². The SMILES string of the molecule is Cc1ccc(Br)cc1C(=O)N1CCC2(CCNC2)C1.Cl. The third-order valence-electron chi connectivity index (χ3n) is 4.49. The number of benzene rings is 1. The van der Waals surface area contributed by atoms with Crippen LogP contribution in [0.2, 0.25) is 0 Å². The zero-order valence-corrected chi connectivity index (χ0v) is 14.0. The van der Waals surface area contributed by atoms with Crippen LogP contribution in [0.15, 0.2) is 22.7 Å². The Morgan fingerprint density at radius 3 is 2.90 bits per heavy atom. The lowest BCUT2D eigenvalue weighted by Crippen LogP contribution is -2.33. The number of amides is 1. The number of hydrogen-bond donors (Lipinski definition) is 1. The number of carbonyl (C=O) groups is 1. The Hall–Kier alpha value is -0.580. The van der Waals surface area contributed by atoms with E-state index >= 15 is 0 Å². The van der Waals surface area contributed by atoms with Crippen LogP contribution in [0.25, 0.3) is 0 Å². The van der Waals surface area contributed by atoms with E-state index in [1.54, 1.807) is 0 Å². The Balaban J connectivity index is 0.00000147. The van der Waals surface area contributed by atoms with Crippen molar-refractivity contribution in [3.05, 3.63) is 33.8 Å². The van der Waals surface area contributed by atoms with Crippen molar-refractivity contribution in [1.29, 1.82) is 0 Å². The Morgan fingerprint density at radius 2 is 2.20 bits per heavy atom. The lowest BCUT2D eigenvalue weighted by atomic mass is 9.86. The molecule has 110 valence electrons. The molecular formula is C15H20BrClN2O. The van der Waals surface area contributed by atoms with Gasteiger partial charge in [-0.05, 0) is 44.0 Å². The first-order valence-electron chi connectivity index (χ1n) is 6.86. The highest BCUT2D eigenvalue weighted by molar-refractivity contribution is 9.10. The van der Waals surface area contributed by atoms with Gasteiger partial charge in [-0.25, -0.2) is 0 Å². The number of hydrogen-bond acceptors (Lipinski definition) is 2. The van der Waals surface area contributed by atoms with Gasteiger partial charge in [-0.1, -0.05) is 22.0 Å². The first kappa shape index (κ1) is 15.8. The van der Waals surface area contributed by atoms with Gasteiger partial charge < -0.3 is 10.2 Å². The summed E-state index contributed by atoms with van der Waals surface area (Å²) in [5, 5.41) is 3.43. The van der Waals surface area contributed by atoms with E-state index in [9.17, 15) is 4.79 Å². The summed E-state index contributed by atoms with van der Waals surface area (Å²) in [5.41, 5.74) is 2.23. The van der Waals surface area contributed by atoms with Crippen LogP contribution in [0, 0.1) is 12.3 Å². The molecule has 3 rings (SSSR count). The highest BCUT2D eigenvalue weighted by Crippen LogP contribution is 2.36. The maximum atomic E-state index is 12.6. The summed E-state index contributed by atoms with van der Waals surface area (Å²) in [6.07, 6.45) is 2.34. The molecule has 0 bridgehead atoms. The molecule has 1 aromatic rings. The van der Waals surface area contributed by atoms with Crippen LogP contribution in [0.5, 0.6) is 0 Å². The standard InChI is InChI=1S/C15H19BrN2O.ClH/c1-11-2-3-12(16)8-13(11)14(19)18-7-5-15(10-18)4-6-17-9-15;/h2-3,8,17H,4-7,9-10H2,1H3;1H. The molecule has 5 heteroatoms. The van der Waals surface area contributed by atoms with Crippen LogP contribution in [0.4, 0.5) is 0 Å². The lowest BCUT2D eigenvalue weighted by molar-refractivity contribution is 0.0775. The molecule has 1 amide bonds. The molecule has 0 aliphatic carbocycles. The van der Waals surface area contributed by atoms with E-state index in [0.717, 1.165) is 48.2 Å². The fourth-order valence-electron chi connectivity index (χ4n) is 3.25. The molecule has 1 unspecified atom stereocenters. The molecule has 2 heterocycles. The number of nitrogens with one attached hydrogen (secondary N) is 1. The Kier molecular flexibility index (Phi) is 4.77. The van der Waals surface area contributed by atoms with Crippen molar-refractivity contribution in [2.45, 2.75) is 19.8 Å². The molecule has 1 N–H and O–H groups in total. The smallest absolute Gasteiger partial charge is 0.254 e. The van der Waals surface area contributed by atoms with Crippen LogP contribution >= 0.6 is 28.3 Å². The van der Waals surface area contributed by atoms with E-state index in [0.29, 0.717) is 5.41 Å². The summed E-state index contributed by atoms with van der Waals surface area (Å²) in [6.45, 7) is 5.96. The maximum absolute atomic E-state index is 12.6. The molecule has 0 aromatic heterocycles. The van der Waals surface area contributed by atoms with E-state index in [1.165, 1.54) is 6.42 Å². The van der Waals surface area contributed by atoms with Crippen molar-refractivity contribution in [1.82, 2.24) is 10.2 Å². The monoisotopic (exact) mass is 358 g/mol. The van der Waals surface area contributed by atoms with Gasteiger partial charge in [0.1, 0.15) is 0 Å². The first-order chi connectivity index (χ1) is 9.10. The summed E-state index contributed by atoms with van der Waals surface area (Å²) in [5.74, 6) is 0.183. The largest absolute Gasteiger partial charge is 0.338 e. The number of nitrogens with zero attached hydrogens (tertiary/aromatic N) is 1. The van der Waals surface area contributed by atoms with Crippen molar-refractivity contribution < 1.29 is 4.79 Å². The lowest BCUT2D eigenvalue weighted by Gasteiger charge is -2.23. The fraction of sp³-hybridized carbons (Fsp3) is 0.533. The van der Waals surface area contributed by atoms with Crippen molar-refractivity contribution in [2.75, 3.05) is 26.2 Å². The molecule has 1 spiro atoms. The topological polar surface area (TPSA) is 32.3 Å². The predicted molar refractivity (Wildman–Crippen MR) is 86.6 cm³/mol. The second-order valence-electron chi connectivity index (χ2n) is 5.86. The third-order valence-corrected chi connectivity index (χ3v) is 4.98. The van der Waals surface area contributed by atoms with Gasteiger partial charge in [0.15, 0.2) is 0 Å². The minimum atomic E-state index is 0. The second kappa shape index (κ2) is 6.04. The van der Waals surface area contributed by atoms with Gasteiger partial charge in [0.25, 0.3) is 5.91 Å². The van der Waals surface area contributed by atoms with Gasteiger partial charge in [0, 0.05) is 35.1 Å². The maximum Gasteiger partial charge on any atom is 0.254 e. The van der Waals surface area contributed by atoms with E-state index in [-0.39, 0.29) is 18.3 Å². The average Bonchev–Trinajstić information content (AvgIpc) is 3.03. The number of halogens is 2. The van der Waals surface area contributed by atoms with Crippen molar-refractivity contribution in [3.8, 4) is 0 Å². The molecule has 1 atom stereocenters. The van der Waals surface area contributed by atoms with Crippen LogP contribution in [-0.2, 0) is 0 Å². The normalized spacial score (nSPS) is 25.0. The molecule has 2 aliphatic heterocycles. The predicted octanol–water partition coefficient (Wildman–Crippen LogP) is 3.00. The first-order valence-corrected chi connectivity index (χ1v) is 7.65. The zero-order valence-electron chi connectivity index (χ0n) is 11.6. The molecule has 2 saturated heterocycles.